The number of halogens is 1. The number of hydrogen-bond acceptors (Lipinski definition) is 3. The lowest BCUT2D eigenvalue weighted by Crippen LogP contribution is -2.24. The number of ether oxygens (including phenoxy) is 1. The molecule has 0 saturated heterocycles. The molecular formula is C15H20FNO2. The van der Waals surface area contributed by atoms with Crippen LogP contribution in [0.15, 0.2) is 12.1 Å². The molecule has 1 aliphatic rings. The van der Waals surface area contributed by atoms with Crippen molar-refractivity contribution in [2.24, 2.45) is 5.92 Å². The van der Waals surface area contributed by atoms with E-state index in [-0.39, 0.29) is 17.4 Å². The van der Waals surface area contributed by atoms with Crippen molar-refractivity contribution in [3.63, 3.8) is 0 Å². The summed E-state index contributed by atoms with van der Waals surface area (Å²) in [6.07, 6.45) is 3.97. The molecule has 2 N–H and O–H groups in total. The number of carbonyl (C=O) groups is 1. The van der Waals surface area contributed by atoms with Gasteiger partial charge in [0.05, 0.1) is 5.56 Å². The largest absolute Gasteiger partial charge is 0.459 e. The first kappa shape index (κ1) is 13.8. The molecule has 2 unspecified atom stereocenters. The zero-order valence-electron chi connectivity index (χ0n) is 11.4. The van der Waals surface area contributed by atoms with Crippen LogP contribution in [0.25, 0.3) is 0 Å². The molecule has 0 heterocycles. The smallest absolute Gasteiger partial charge is 0.338 e. The quantitative estimate of drug-likeness (QED) is 0.658. The molecule has 0 bridgehead atoms. The van der Waals surface area contributed by atoms with Gasteiger partial charge in [-0.05, 0) is 44.2 Å². The van der Waals surface area contributed by atoms with Crippen LogP contribution >= 0.6 is 0 Å². The zero-order valence-corrected chi connectivity index (χ0v) is 11.4. The highest BCUT2D eigenvalue weighted by Crippen LogP contribution is 2.27. The third-order valence-corrected chi connectivity index (χ3v) is 3.78. The summed E-state index contributed by atoms with van der Waals surface area (Å²) in [7, 11) is 0. The maximum absolute atomic E-state index is 13.6. The predicted molar refractivity (Wildman–Crippen MR) is 72.4 cm³/mol. The van der Waals surface area contributed by atoms with Gasteiger partial charge in [-0.25, -0.2) is 9.18 Å². The Balaban J connectivity index is 2.07. The summed E-state index contributed by atoms with van der Waals surface area (Å²) in [6, 6.07) is 2.67. The molecule has 3 nitrogen and oxygen atoms in total. The van der Waals surface area contributed by atoms with Crippen LogP contribution < -0.4 is 5.73 Å². The van der Waals surface area contributed by atoms with Gasteiger partial charge in [-0.2, -0.15) is 0 Å². The van der Waals surface area contributed by atoms with Crippen LogP contribution in [-0.4, -0.2) is 12.1 Å². The fourth-order valence-corrected chi connectivity index (χ4v) is 2.52. The van der Waals surface area contributed by atoms with Gasteiger partial charge in [-0.3, -0.25) is 0 Å². The molecule has 19 heavy (non-hydrogen) atoms. The second-order valence-corrected chi connectivity index (χ2v) is 5.47. The van der Waals surface area contributed by atoms with E-state index in [1.54, 1.807) is 6.92 Å². The Hall–Kier alpha value is -1.58. The van der Waals surface area contributed by atoms with Gasteiger partial charge >= 0.3 is 5.97 Å². The van der Waals surface area contributed by atoms with Crippen molar-refractivity contribution in [3.8, 4) is 0 Å². The summed E-state index contributed by atoms with van der Waals surface area (Å²) in [6.45, 7) is 3.74. The molecule has 0 aliphatic heterocycles. The lowest BCUT2D eigenvalue weighted by Gasteiger charge is -2.26. The number of benzene rings is 1. The molecule has 0 aromatic heterocycles. The van der Waals surface area contributed by atoms with Crippen molar-refractivity contribution in [2.45, 2.75) is 45.6 Å². The first-order valence-corrected chi connectivity index (χ1v) is 6.74. The summed E-state index contributed by atoms with van der Waals surface area (Å²) >= 11 is 0. The summed E-state index contributed by atoms with van der Waals surface area (Å²) in [5.74, 6) is -0.375. The number of rotatable bonds is 2. The SMILES string of the molecule is Cc1c(N)cc(C(=O)OC2CCCC(C)C2)cc1F. The molecular weight excluding hydrogens is 245 g/mol. The van der Waals surface area contributed by atoms with Crippen LogP contribution in [-0.2, 0) is 4.74 Å². The second kappa shape index (κ2) is 5.59. The lowest BCUT2D eigenvalue weighted by atomic mass is 9.89. The van der Waals surface area contributed by atoms with E-state index in [2.05, 4.69) is 6.92 Å². The van der Waals surface area contributed by atoms with E-state index in [1.807, 2.05) is 0 Å². The highest BCUT2D eigenvalue weighted by Gasteiger charge is 2.23. The number of esters is 1. The normalized spacial score (nSPS) is 23.1. The number of nitrogens with two attached hydrogens (primary N) is 1. The van der Waals surface area contributed by atoms with Crippen LogP contribution in [0, 0.1) is 18.7 Å². The van der Waals surface area contributed by atoms with Crippen LogP contribution in [0.3, 0.4) is 0 Å². The first-order valence-electron chi connectivity index (χ1n) is 6.74. The highest BCUT2D eigenvalue weighted by molar-refractivity contribution is 5.90. The van der Waals surface area contributed by atoms with Crippen molar-refractivity contribution in [1.29, 1.82) is 0 Å². The van der Waals surface area contributed by atoms with Crippen molar-refractivity contribution in [3.05, 3.63) is 29.1 Å². The minimum absolute atomic E-state index is 0.0539. The van der Waals surface area contributed by atoms with E-state index in [4.69, 9.17) is 10.5 Å². The second-order valence-electron chi connectivity index (χ2n) is 5.47. The average Bonchev–Trinajstić information content (AvgIpc) is 2.35. The van der Waals surface area contributed by atoms with E-state index in [9.17, 15) is 9.18 Å². The Morgan fingerprint density at radius 3 is 2.79 bits per heavy atom. The van der Waals surface area contributed by atoms with E-state index in [0.717, 1.165) is 19.3 Å². The third kappa shape index (κ3) is 3.25. The molecule has 104 valence electrons. The third-order valence-electron chi connectivity index (χ3n) is 3.78. The fourth-order valence-electron chi connectivity index (χ4n) is 2.52. The molecule has 1 aromatic carbocycles. The van der Waals surface area contributed by atoms with Gasteiger partial charge in [0.1, 0.15) is 11.9 Å². The van der Waals surface area contributed by atoms with E-state index in [0.29, 0.717) is 11.5 Å². The van der Waals surface area contributed by atoms with Crippen molar-refractivity contribution < 1.29 is 13.9 Å². The monoisotopic (exact) mass is 265 g/mol. The first-order chi connectivity index (χ1) is 8.97. The fraction of sp³-hybridized carbons (Fsp3) is 0.533. The molecule has 1 saturated carbocycles. The lowest BCUT2D eigenvalue weighted by molar-refractivity contribution is 0.0154. The van der Waals surface area contributed by atoms with E-state index in [1.165, 1.54) is 18.6 Å². The molecule has 0 spiro atoms. The van der Waals surface area contributed by atoms with Gasteiger partial charge in [0.2, 0.25) is 0 Å². The summed E-state index contributed by atoms with van der Waals surface area (Å²) in [5.41, 5.74) is 6.51. The average molecular weight is 265 g/mol. The molecule has 0 amide bonds. The zero-order chi connectivity index (χ0) is 14.0. The number of carbonyl (C=O) groups excluding carboxylic acids is 1. The van der Waals surface area contributed by atoms with Crippen molar-refractivity contribution >= 4 is 11.7 Å². The number of anilines is 1. The van der Waals surface area contributed by atoms with Crippen molar-refractivity contribution in [2.75, 3.05) is 5.73 Å². The van der Waals surface area contributed by atoms with Crippen molar-refractivity contribution in [1.82, 2.24) is 0 Å². The predicted octanol–water partition coefficient (Wildman–Crippen LogP) is 3.45. The van der Waals surface area contributed by atoms with E-state index >= 15 is 0 Å². The Morgan fingerprint density at radius 2 is 2.16 bits per heavy atom. The van der Waals surface area contributed by atoms with Gasteiger partial charge in [0.15, 0.2) is 0 Å². The van der Waals surface area contributed by atoms with Gasteiger partial charge in [0.25, 0.3) is 0 Å². The Bertz CT molecular complexity index is 464. The molecule has 1 aromatic rings. The van der Waals surface area contributed by atoms with E-state index < -0.39 is 11.8 Å². The molecule has 2 atom stereocenters. The standard InChI is InChI=1S/C15H20FNO2/c1-9-4-3-5-12(6-9)19-15(18)11-7-13(16)10(2)14(17)8-11/h7-9,12H,3-6,17H2,1-2H3. The highest BCUT2D eigenvalue weighted by atomic mass is 19.1. The summed E-state index contributed by atoms with van der Waals surface area (Å²) < 4.78 is 19.0. The molecule has 4 heteroatoms. The van der Waals surface area contributed by atoms with Crippen LogP contribution in [0.1, 0.15) is 48.5 Å². The topological polar surface area (TPSA) is 52.3 Å². The Morgan fingerprint density at radius 1 is 1.42 bits per heavy atom. The van der Waals surface area contributed by atoms with Gasteiger partial charge in [0, 0.05) is 11.3 Å². The maximum atomic E-state index is 13.6. The molecule has 1 fully saturated rings. The summed E-state index contributed by atoms with van der Waals surface area (Å²) in [5, 5.41) is 0. The van der Waals surface area contributed by atoms with Crippen LogP contribution in [0.5, 0.6) is 0 Å². The number of hydrogen-bond donors (Lipinski definition) is 1. The molecule has 0 radical (unpaired) electrons. The van der Waals surface area contributed by atoms with Gasteiger partial charge in [-0.15, -0.1) is 0 Å². The van der Waals surface area contributed by atoms with Gasteiger partial charge in [-0.1, -0.05) is 13.3 Å². The minimum atomic E-state index is -0.482. The van der Waals surface area contributed by atoms with Gasteiger partial charge < -0.3 is 10.5 Å². The Labute approximate surface area is 112 Å². The minimum Gasteiger partial charge on any atom is -0.459 e. The molecule has 2 rings (SSSR count). The van der Waals surface area contributed by atoms with Crippen LogP contribution in [0.4, 0.5) is 10.1 Å². The van der Waals surface area contributed by atoms with Crippen LogP contribution in [0.2, 0.25) is 0 Å². The Kier molecular flexibility index (Phi) is 4.08. The maximum Gasteiger partial charge on any atom is 0.338 e. The number of nitrogen functional groups attached to an aromatic ring is 1. The summed E-state index contributed by atoms with van der Waals surface area (Å²) in [4.78, 5) is 12.0. The molecule has 1 aliphatic carbocycles.